The summed E-state index contributed by atoms with van der Waals surface area (Å²) in [7, 11) is 0. The van der Waals surface area contributed by atoms with Crippen LogP contribution in [-0.4, -0.2) is 31.9 Å². The van der Waals surface area contributed by atoms with E-state index in [0.717, 1.165) is 0 Å². The summed E-state index contributed by atoms with van der Waals surface area (Å²) in [6.45, 7) is 6.01. The molecule has 0 aliphatic rings. The number of nitrogens with one attached hydrogen (secondary N) is 1. The van der Waals surface area contributed by atoms with E-state index >= 15 is 0 Å². The molecule has 0 aliphatic carbocycles. The maximum absolute atomic E-state index is 13.7. The van der Waals surface area contributed by atoms with Crippen molar-refractivity contribution in [1.82, 2.24) is 5.43 Å². The molecule has 1 amide bonds. The van der Waals surface area contributed by atoms with E-state index in [0.29, 0.717) is 12.8 Å². The summed E-state index contributed by atoms with van der Waals surface area (Å²) in [5, 5.41) is 3.29. The number of carbonyl (C=O) groups excluding carboxylic acids is 1. The van der Waals surface area contributed by atoms with Crippen LogP contribution in [0.2, 0.25) is 0 Å². The molecule has 2 rings (SSSR count). The Balaban J connectivity index is 2.34. The summed E-state index contributed by atoms with van der Waals surface area (Å²) in [6.07, 6.45) is 0.315. The second-order valence-corrected chi connectivity index (χ2v) is 5.78. The van der Waals surface area contributed by atoms with Crippen LogP contribution < -0.4 is 19.6 Å². The largest absolute Gasteiger partial charge is 0.490 e. The van der Waals surface area contributed by atoms with Crippen LogP contribution in [0.25, 0.3) is 0 Å². The molecule has 31 heavy (non-hydrogen) atoms. The number of rotatable bonds is 9. The van der Waals surface area contributed by atoms with Crippen LogP contribution >= 0.6 is 0 Å². The topological polar surface area (TPSA) is 69.2 Å². The summed E-state index contributed by atoms with van der Waals surface area (Å²) in [5.74, 6) is -10.8. The van der Waals surface area contributed by atoms with Gasteiger partial charge in [0.2, 0.25) is 11.6 Å². The molecular formula is C20H19F5N2O4. The number of benzene rings is 2. The Morgan fingerprint density at radius 1 is 0.839 bits per heavy atom. The van der Waals surface area contributed by atoms with Gasteiger partial charge in [0.25, 0.3) is 5.91 Å². The van der Waals surface area contributed by atoms with Gasteiger partial charge >= 0.3 is 0 Å². The highest BCUT2D eigenvalue weighted by molar-refractivity contribution is 5.96. The van der Waals surface area contributed by atoms with Gasteiger partial charge in [-0.3, -0.25) is 4.79 Å². The Morgan fingerprint density at radius 2 is 1.29 bits per heavy atom. The monoisotopic (exact) mass is 446 g/mol. The SMILES string of the molecule is CCOc1cc(C(=O)N/N=C\c2c(F)c(F)c(F)c(F)c2F)cc(OCC)c1OCC. The number of ether oxygens (including phenoxy) is 3. The predicted molar refractivity (Wildman–Crippen MR) is 101 cm³/mol. The molecule has 0 aliphatic heterocycles. The molecule has 0 aromatic heterocycles. The highest BCUT2D eigenvalue weighted by atomic mass is 19.2. The summed E-state index contributed by atoms with van der Waals surface area (Å²) in [6, 6.07) is 2.67. The first-order valence-electron chi connectivity index (χ1n) is 9.17. The molecular weight excluding hydrogens is 427 g/mol. The molecule has 6 nitrogen and oxygen atoms in total. The lowest BCUT2D eigenvalue weighted by Gasteiger charge is -2.16. The highest BCUT2D eigenvalue weighted by Crippen LogP contribution is 2.39. The fourth-order valence-corrected chi connectivity index (χ4v) is 2.48. The first-order chi connectivity index (χ1) is 14.8. The van der Waals surface area contributed by atoms with Crippen LogP contribution in [-0.2, 0) is 0 Å². The Bertz CT molecular complexity index is 942. The predicted octanol–water partition coefficient (Wildman–Crippen LogP) is 4.34. The van der Waals surface area contributed by atoms with Crippen molar-refractivity contribution in [2.45, 2.75) is 20.8 Å². The minimum absolute atomic E-state index is 0.00934. The van der Waals surface area contributed by atoms with E-state index in [9.17, 15) is 26.7 Å². The van der Waals surface area contributed by atoms with Crippen LogP contribution in [0.15, 0.2) is 17.2 Å². The normalized spacial score (nSPS) is 11.0. The number of hydrogen-bond acceptors (Lipinski definition) is 5. The van der Waals surface area contributed by atoms with Crippen LogP contribution in [0.1, 0.15) is 36.7 Å². The molecule has 0 atom stereocenters. The standard InChI is InChI=1S/C20H19F5N2O4/c1-4-29-12-7-10(8-13(30-5-2)19(12)31-6-3)20(28)27-26-9-11-14(21)16(23)18(25)17(24)15(11)22/h7-9H,4-6H2,1-3H3,(H,27,28)/b26-9-. The maximum atomic E-state index is 13.7. The van der Waals surface area contributed by atoms with Crippen molar-refractivity contribution in [3.8, 4) is 17.2 Å². The van der Waals surface area contributed by atoms with Crippen molar-refractivity contribution >= 4 is 12.1 Å². The van der Waals surface area contributed by atoms with Crippen LogP contribution in [0, 0.1) is 29.1 Å². The summed E-state index contributed by atoms with van der Waals surface area (Å²) < 4.78 is 83.3. The molecule has 11 heteroatoms. The van der Waals surface area contributed by atoms with Crippen LogP contribution in [0.3, 0.4) is 0 Å². The van der Waals surface area contributed by atoms with Gasteiger partial charge in [-0.25, -0.2) is 27.4 Å². The minimum Gasteiger partial charge on any atom is -0.490 e. The second-order valence-electron chi connectivity index (χ2n) is 5.78. The quantitative estimate of drug-likeness (QED) is 0.205. The molecule has 1 N–H and O–H groups in total. The van der Waals surface area contributed by atoms with E-state index in [1.807, 2.05) is 5.43 Å². The van der Waals surface area contributed by atoms with Crippen molar-refractivity contribution in [1.29, 1.82) is 0 Å². The fourth-order valence-electron chi connectivity index (χ4n) is 2.48. The number of halogens is 5. The van der Waals surface area contributed by atoms with Gasteiger partial charge in [0.05, 0.1) is 31.6 Å². The number of amides is 1. The third-order valence-corrected chi connectivity index (χ3v) is 3.77. The summed E-state index contributed by atoms with van der Waals surface area (Å²) in [5.41, 5.74) is 0.645. The van der Waals surface area contributed by atoms with Crippen molar-refractivity contribution < 1.29 is 41.0 Å². The summed E-state index contributed by atoms with van der Waals surface area (Å²) in [4.78, 5) is 12.4. The number of hydrazone groups is 1. The fraction of sp³-hybridized carbons (Fsp3) is 0.300. The van der Waals surface area contributed by atoms with E-state index < -0.39 is 40.6 Å². The van der Waals surface area contributed by atoms with Crippen molar-refractivity contribution in [2.24, 2.45) is 5.10 Å². The molecule has 0 fully saturated rings. The number of hydrogen-bond donors (Lipinski definition) is 1. The molecule has 0 radical (unpaired) electrons. The zero-order chi connectivity index (χ0) is 23.1. The van der Waals surface area contributed by atoms with Gasteiger partial charge in [0, 0.05) is 5.56 Å². The third-order valence-electron chi connectivity index (χ3n) is 3.77. The second kappa shape index (κ2) is 10.6. The van der Waals surface area contributed by atoms with E-state index in [1.54, 1.807) is 20.8 Å². The smallest absolute Gasteiger partial charge is 0.271 e. The van der Waals surface area contributed by atoms with E-state index in [2.05, 4.69) is 5.10 Å². The van der Waals surface area contributed by atoms with Crippen LogP contribution in [0.5, 0.6) is 17.2 Å². The average Bonchev–Trinajstić information content (AvgIpc) is 2.75. The minimum atomic E-state index is -2.29. The molecule has 0 bridgehead atoms. The Kier molecular flexibility index (Phi) is 8.17. The molecule has 2 aromatic rings. The van der Waals surface area contributed by atoms with Gasteiger partial charge in [-0.05, 0) is 32.9 Å². The molecule has 168 valence electrons. The van der Waals surface area contributed by atoms with Crippen molar-refractivity contribution in [3.05, 3.63) is 52.3 Å². The van der Waals surface area contributed by atoms with Crippen molar-refractivity contribution in [2.75, 3.05) is 19.8 Å². The third kappa shape index (κ3) is 5.22. The lowest BCUT2D eigenvalue weighted by atomic mass is 10.1. The van der Waals surface area contributed by atoms with Gasteiger partial charge in [0.15, 0.2) is 34.8 Å². The van der Waals surface area contributed by atoms with Gasteiger partial charge < -0.3 is 14.2 Å². The number of carbonyl (C=O) groups is 1. The van der Waals surface area contributed by atoms with Gasteiger partial charge in [-0.15, -0.1) is 0 Å². The zero-order valence-corrected chi connectivity index (χ0v) is 16.8. The van der Waals surface area contributed by atoms with Gasteiger partial charge in [0.1, 0.15) is 0 Å². The maximum Gasteiger partial charge on any atom is 0.271 e. The molecule has 0 unspecified atom stereocenters. The first-order valence-corrected chi connectivity index (χ1v) is 9.17. The Hall–Kier alpha value is -3.37. The first kappa shape index (κ1) is 23.9. The Morgan fingerprint density at radius 3 is 1.74 bits per heavy atom. The molecule has 0 spiro atoms. The van der Waals surface area contributed by atoms with Crippen molar-refractivity contribution in [3.63, 3.8) is 0 Å². The van der Waals surface area contributed by atoms with E-state index in [4.69, 9.17) is 14.2 Å². The van der Waals surface area contributed by atoms with E-state index in [-0.39, 0.29) is 36.0 Å². The average molecular weight is 446 g/mol. The van der Waals surface area contributed by atoms with Gasteiger partial charge in [-0.1, -0.05) is 0 Å². The molecule has 0 saturated heterocycles. The van der Waals surface area contributed by atoms with E-state index in [1.165, 1.54) is 12.1 Å². The molecule has 2 aromatic carbocycles. The Labute approximate surface area is 174 Å². The lowest BCUT2D eigenvalue weighted by Crippen LogP contribution is -2.19. The van der Waals surface area contributed by atoms with Gasteiger partial charge in [-0.2, -0.15) is 5.10 Å². The van der Waals surface area contributed by atoms with Crippen LogP contribution in [0.4, 0.5) is 22.0 Å². The highest BCUT2D eigenvalue weighted by Gasteiger charge is 2.25. The molecule has 0 saturated carbocycles. The molecule has 0 heterocycles. The lowest BCUT2D eigenvalue weighted by molar-refractivity contribution is 0.0954. The number of nitrogens with zero attached hydrogens (tertiary/aromatic N) is 1. The summed E-state index contributed by atoms with van der Waals surface area (Å²) >= 11 is 0. The zero-order valence-electron chi connectivity index (χ0n) is 16.8.